The highest BCUT2D eigenvalue weighted by Crippen LogP contribution is 2.25. The lowest BCUT2D eigenvalue weighted by atomic mass is 10.1. The van der Waals surface area contributed by atoms with E-state index in [1.807, 2.05) is 19.1 Å². The van der Waals surface area contributed by atoms with E-state index in [9.17, 15) is 9.18 Å². The lowest BCUT2D eigenvalue weighted by Gasteiger charge is -2.17. The van der Waals surface area contributed by atoms with Gasteiger partial charge < -0.3 is 5.32 Å². The highest BCUT2D eigenvalue weighted by Gasteiger charge is 2.20. The molecule has 2 aromatic carbocycles. The van der Waals surface area contributed by atoms with Crippen LogP contribution in [-0.2, 0) is 4.79 Å². The number of carbonyl (C=O) groups is 1. The number of hydrogen-bond donors (Lipinski definition) is 1. The van der Waals surface area contributed by atoms with Gasteiger partial charge in [-0.3, -0.25) is 9.36 Å². The van der Waals surface area contributed by atoms with Crippen LogP contribution in [0.3, 0.4) is 0 Å². The van der Waals surface area contributed by atoms with E-state index >= 15 is 0 Å². The van der Waals surface area contributed by atoms with Crippen LogP contribution in [0.15, 0.2) is 60.0 Å². The predicted molar refractivity (Wildman–Crippen MR) is 105 cm³/mol. The van der Waals surface area contributed by atoms with Crippen molar-refractivity contribution in [3.63, 3.8) is 0 Å². The molecule has 0 bridgehead atoms. The highest BCUT2D eigenvalue weighted by atomic mass is 35.5. The van der Waals surface area contributed by atoms with Crippen molar-refractivity contribution in [3.8, 4) is 5.69 Å². The maximum Gasteiger partial charge on any atom is 0.233 e. The molecule has 2 atom stereocenters. The molecule has 0 aliphatic rings. The van der Waals surface area contributed by atoms with E-state index in [1.165, 1.54) is 23.9 Å². The number of nitrogens with zero attached hydrogens (tertiary/aromatic N) is 3. The summed E-state index contributed by atoms with van der Waals surface area (Å²) in [6.45, 7) is 3.66. The minimum Gasteiger partial charge on any atom is -0.349 e. The minimum atomic E-state index is -0.393. The number of halogens is 2. The Bertz CT molecular complexity index is 931. The molecule has 1 aromatic heterocycles. The average molecular weight is 405 g/mol. The van der Waals surface area contributed by atoms with E-state index < -0.39 is 5.25 Å². The van der Waals surface area contributed by atoms with Gasteiger partial charge in [-0.05, 0) is 49.7 Å². The first kappa shape index (κ1) is 19.4. The van der Waals surface area contributed by atoms with Crippen molar-refractivity contribution < 1.29 is 9.18 Å². The van der Waals surface area contributed by atoms with Crippen LogP contribution >= 0.6 is 23.4 Å². The molecule has 8 heteroatoms. The third-order valence-corrected chi connectivity index (χ3v) is 5.27. The van der Waals surface area contributed by atoms with Crippen LogP contribution in [0, 0.1) is 5.82 Å². The van der Waals surface area contributed by atoms with Crippen molar-refractivity contribution >= 4 is 29.3 Å². The smallest absolute Gasteiger partial charge is 0.233 e. The number of rotatable bonds is 6. The second kappa shape index (κ2) is 8.54. The zero-order valence-corrected chi connectivity index (χ0v) is 16.3. The van der Waals surface area contributed by atoms with E-state index in [4.69, 9.17) is 11.6 Å². The Hall–Kier alpha value is -2.38. The Balaban J connectivity index is 1.67. The lowest BCUT2D eigenvalue weighted by Crippen LogP contribution is -2.33. The third-order valence-electron chi connectivity index (χ3n) is 3.98. The van der Waals surface area contributed by atoms with E-state index in [1.54, 1.807) is 42.1 Å². The van der Waals surface area contributed by atoms with Crippen LogP contribution in [0.25, 0.3) is 5.69 Å². The van der Waals surface area contributed by atoms with E-state index in [0.29, 0.717) is 10.2 Å². The average Bonchev–Trinajstić information content (AvgIpc) is 3.10. The topological polar surface area (TPSA) is 59.8 Å². The molecular weight excluding hydrogens is 387 g/mol. The molecule has 3 aromatic rings. The van der Waals surface area contributed by atoms with Gasteiger partial charge in [0.15, 0.2) is 5.16 Å². The van der Waals surface area contributed by atoms with E-state index in [2.05, 4.69) is 15.5 Å². The van der Waals surface area contributed by atoms with Gasteiger partial charge >= 0.3 is 0 Å². The summed E-state index contributed by atoms with van der Waals surface area (Å²) in [5.74, 6) is -0.445. The Morgan fingerprint density at radius 1 is 1.22 bits per heavy atom. The molecule has 5 nitrogen and oxygen atoms in total. The third kappa shape index (κ3) is 4.87. The number of carbonyl (C=O) groups excluding carboxylic acids is 1. The molecule has 1 heterocycles. The number of benzene rings is 2. The highest BCUT2D eigenvalue weighted by molar-refractivity contribution is 8.00. The van der Waals surface area contributed by atoms with Crippen LogP contribution in [0.5, 0.6) is 0 Å². The maximum atomic E-state index is 13.0. The SMILES string of the molecule is CC(Sc1nncn1-c1cccc(Cl)c1)C(=O)NC(C)c1ccc(F)cc1. The van der Waals surface area contributed by atoms with Gasteiger partial charge in [-0.1, -0.05) is 41.6 Å². The fraction of sp³-hybridized carbons (Fsp3) is 0.211. The zero-order chi connectivity index (χ0) is 19.4. The normalized spacial score (nSPS) is 13.2. The van der Waals surface area contributed by atoms with Gasteiger partial charge in [0.05, 0.1) is 17.0 Å². The van der Waals surface area contributed by atoms with Gasteiger partial charge in [-0.25, -0.2) is 4.39 Å². The van der Waals surface area contributed by atoms with Gasteiger partial charge in [0.1, 0.15) is 12.1 Å². The molecular formula is C19H18ClFN4OS. The number of thioether (sulfide) groups is 1. The van der Waals surface area contributed by atoms with Crippen LogP contribution in [-0.4, -0.2) is 25.9 Å². The maximum absolute atomic E-state index is 13.0. The summed E-state index contributed by atoms with van der Waals surface area (Å²) >= 11 is 7.35. The van der Waals surface area contributed by atoms with Crippen molar-refractivity contribution in [1.29, 1.82) is 0 Å². The van der Waals surface area contributed by atoms with Crippen LogP contribution < -0.4 is 5.32 Å². The van der Waals surface area contributed by atoms with Gasteiger partial charge in [0.2, 0.25) is 5.91 Å². The zero-order valence-electron chi connectivity index (χ0n) is 14.8. The predicted octanol–water partition coefficient (Wildman–Crippen LogP) is 4.42. The summed E-state index contributed by atoms with van der Waals surface area (Å²) in [6.07, 6.45) is 1.58. The van der Waals surface area contributed by atoms with Crippen LogP contribution in [0.1, 0.15) is 25.5 Å². The Morgan fingerprint density at radius 3 is 2.67 bits per heavy atom. The molecule has 3 rings (SSSR count). The molecule has 27 heavy (non-hydrogen) atoms. The quantitative estimate of drug-likeness (QED) is 0.618. The van der Waals surface area contributed by atoms with Crippen molar-refractivity contribution in [2.45, 2.75) is 30.3 Å². The second-order valence-electron chi connectivity index (χ2n) is 6.01. The summed E-state index contributed by atoms with van der Waals surface area (Å²) in [4.78, 5) is 12.5. The first-order valence-electron chi connectivity index (χ1n) is 8.32. The molecule has 0 saturated heterocycles. The first-order chi connectivity index (χ1) is 12.9. The molecule has 0 radical (unpaired) electrons. The monoisotopic (exact) mass is 404 g/mol. The minimum absolute atomic E-state index is 0.141. The molecule has 0 saturated carbocycles. The molecule has 0 aliphatic carbocycles. The molecule has 0 aliphatic heterocycles. The fourth-order valence-corrected chi connectivity index (χ4v) is 3.52. The van der Waals surface area contributed by atoms with Gasteiger partial charge in [-0.15, -0.1) is 10.2 Å². The first-order valence-corrected chi connectivity index (χ1v) is 9.58. The molecule has 140 valence electrons. The summed E-state index contributed by atoms with van der Waals surface area (Å²) < 4.78 is 14.8. The molecule has 0 fully saturated rings. The lowest BCUT2D eigenvalue weighted by molar-refractivity contribution is -0.120. The Kier molecular flexibility index (Phi) is 6.13. The summed E-state index contributed by atoms with van der Waals surface area (Å²) in [5.41, 5.74) is 1.66. The fourth-order valence-electron chi connectivity index (χ4n) is 2.49. The standard InChI is InChI=1S/C19H18ClFN4OS/c1-12(14-6-8-16(21)9-7-14)23-18(26)13(2)27-19-24-22-11-25(19)17-5-3-4-15(20)10-17/h3-13H,1-2H3,(H,23,26). The Labute approximate surface area is 166 Å². The van der Waals surface area contributed by atoms with Gasteiger partial charge in [0.25, 0.3) is 0 Å². The molecule has 1 amide bonds. The van der Waals surface area contributed by atoms with Crippen molar-refractivity contribution in [2.75, 3.05) is 0 Å². The van der Waals surface area contributed by atoms with E-state index in [-0.39, 0.29) is 17.8 Å². The van der Waals surface area contributed by atoms with Crippen molar-refractivity contribution in [2.24, 2.45) is 0 Å². The van der Waals surface area contributed by atoms with Crippen LogP contribution in [0.4, 0.5) is 4.39 Å². The number of nitrogens with one attached hydrogen (secondary N) is 1. The van der Waals surface area contributed by atoms with Gasteiger partial charge in [0, 0.05) is 5.02 Å². The Morgan fingerprint density at radius 2 is 1.96 bits per heavy atom. The van der Waals surface area contributed by atoms with Gasteiger partial charge in [-0.2, -0.15) is 0 Å². The largest absolute Gasteiger partial charge is 0.349 e. The van der Waals surface area contributed by atoms with Crippen molar-refractivity contribution in [1.82, 2.24) is 20.1 Å². The summed E-state index contributed by atoms with van der Waals surface area (Å²) in [6, 6.07) is 13.2. The van der Waals surface area contributed by atoms with Crippen LogP contribution in [0.2, 0.25) is 5.02 Å². The summed E-state index contributed by atoms with van der Waals surface area (Å²) in [7, 11) is 0. The number of amides is 1. The molecule has 1 N–H and O–H groups in total. The summed E-state index contributed by atoms with van der Waals surface area (Å²) in [5, 5.41) is 11.8. The van der Waals surface area contributed by atoms with E-state index in [0.717, 1.165) is 11.3 Å². The number of aromatic nitrogens is 3. The van der Waals surface area contributed by atoms with Crippen molar-refractivity contribution in [3.05, 3.63) is 71.3 Å². The molecule has 2 unspecified atom stereocenters. The number of hydrogen-bond acceptors (Lipinski definition) is 4. The molecule has 0 spiro atoms. The second-order valence-corrected chi connectivity index (χ2v) is 7.75.